The summed E-state index contributed by atoms with van der Waals surface area (Å²) in [5, 5.41) is 34.4. The number of aryl methyl sites for hydroxylation is 1. The second-order valence-electron chi connectivity index (χ2n) is 7.55. The number of pyridine rings is 2. The summed E-state index contributed by atoms with van der Waals surface area (Å²) in [6.07, 6.45) is 2.81. The number of hydrogen-bond acceptors (Lipinski definition) is 10. The summed E-state index contributed by atoms with van der Waals surface area (Å²) in [4.78, 5) is 13.2. The number of nitrogens with zero attached hydrogens (tertiary/aromatic N) is 5. The van der Waals surface area contributed by atoms with Crippen LogP contribution in [0.15, 0.2) is 53.0 Å². The summed E-state index contributed by atoms with van der Waals surface area (Å²) >= 11 is 2.61. The predicted molar refractivity (Wildman–Crippen MR) is 138 cm³/mol. The smallest absolute Gasteiger partial charge is 0.187 e. The molecule has 3 aromatic heterocycles. The fraction of sp³-hybridized carbons (Fsp3) is 0.160. The Morgan fingerprint density at radius 3 is 2.58 bits per heavy atom. The van der Waals surface area contributed by atoms with Crippen molar-refractivity contribution in [3.63, 3.8) is 0 Å². The zero-order valence-electron chi connectivity index (χ0n) is 18.9. The van der Waals surface area contributed by atoms with Gasteiger partial charge < -0.3 is 16.2 Å². The maximum atomic E-state index is 13.9. The molecule has 180 valence electrons. The van der Waals surface area contributed by atoms with Crippen molar-refractivity contribution in [1.82, 2.24) is 15.0 Å². The zero-order valence-corrected chi connectivity index (χ0v) is 20.5. The van der Waals surface area contributed by atoms with E-state index in [-0.39, 0.29) is 29.4 Å². The minimum atomic E-state index is -0.372. The lowest BCUT2D eigenvalue weighted by Gasteiger charge is -2.13. The Morgan fingerprint density at radius 1 is 1.08 bits per heavy atom. The number of benzene rings is 1. The van der Waals surface area contributed by atoms with Crippen molar-refractivity contribution in [2.45, 2.75) is 23.6 Å². The quantitative estimate of drug-likeness (QED) is 0.260. The van der Waals surface area contributed by atoms with Crippen LogP contribution in [0.5, 0.6) is 0 Å². The van der Waals surface area contributed by atoms with Crippen LogP contribution >= 0.6 is 23.1 Å². The third-order valence-electron chi connectivity index (χ3n) is 5.14. The van der Waals surface area contributed by atoms with E-state index in [0.29, 0.717) is 51.3 Å². The Hall–Kier alpha value is -4.03. The topological polar surface area (TPSA) is 145 Å². The third-order valence-corrected chi connectivity index (χ3v) is 6.96. The second kappa shape index (κ2) is 11.6. The van der Waals surface area contributed by atoms with E-state index in [9.17, 15) is 14.9 Å². The highest BCUT2D eigenvalue weighted by Crippen LogP contribution is 2.37. The highest BCUT2D eigenvalue weighted by molar-refractivity contribution is 7.98. The van der Waals surface area contributed by atoms with Crippen molar-refractivity contribution in [3.05, 3.63) is 76.3 Å². The molecular formula is C25H20FN7OS2. The number of thioether (sulfide) groups is 1. The molecule has 0 unspecified atom stereocenters. The van der Waals surface area contributed by atoms with E-state index in [1.165, 1.54) is 29.2 Å². The van der Waals surface area contributed by atoms with Crippen molar-refractivity contribution in [3.8, 4) is 23.3 Å². The molecule has 0 aliphatic carbocycles. The Labute approximate surface area is 215 Å². The van der Waals surface area contributed by atoms with Crippen LogP contribution in [-0.2, 0) is 12.2 Å². The van der Waals surface area contributed by atoms with Crippen molar-refractivity contribution in [2.75, 3.05) is 17.7 Å². The number of halogens is 1. The molecule has 0 atom stereocenters. The first-order chi connectivity index (χ1) is 17.5. The maximum Gasteiger partial charge on any atom is 0.187 e. The van der Waals surface area contributed by atoms with Gasteiger partial charge in [-0.05, 0) is 31.0 Å². The molecule has 3 heterocycles. The summed E-state index contributed by atoms with van der Waals surface area (Å²) < 4.78 is 13.9. The number of nitrogens with one attached hydrogen (secondary N) is 1. The van der Waals surface area contributed by atoms with E-state index in [0.717, 1.165) is 5.69 Å². The molecule has 0 aliphatic heterocycles. The van der Waals surface area contributed by atoms with Gasteiger partial charge in [0.05, 0.1) is 16.9 Å². The number of rotatable bonds is 9. The molecule has 36 heavy (non-hydrogen) atoms. The minimum absolute atomic E-state index is 0.0264. The van der Waals surface area contributed by atoms with Gasteiger partial charge in [0.25, 0.3) is 0 Å². The van der Waals surface area contributed by atoms with Crippen LogP contribution in [0, 0.1) is 28.5 Å². The van der Waals surface area contributed by atoms with Crippen LogP contribution in [0.4, 0.5) is 21.0 Å². The van der Waals surface area contributed by atoms with Crippen LogP contribution in [0.25, 0.3) is 11.1 Å². The van der Waals surface area contributed by atoms with E-state index in [2.05, 4.69) is 32.4 Å². The fourth-order valence-corrected chi connectivity index (χ4v) is 5.14. The number of aromatic nitrogens is 3. The van der Waals surface area contributed by atoms with E-state index in [1.807, 2.05) is 5.38 Å². The molecule has 0 amide bonds. The molecule has 4 rings (SSSR count). The Bertz CT molecular complexity index is 1460. The molecule has 0 spiro atoms. The molecule has 4 aromatic rings. The third kappa shape index (κ3) is 5.61. The molecule has 0 saturated carbocycles. The van der Waals surface area contributed by atoms with Crippen LogP contribution in [0.2, 0.25) is 0 Å². The standard InChI is InChI=1S/C25H20FN7OS2/c26-20-5-1-2-6-21(20)32-25-31-17(14-36-25)13-35-24-19(11-28)22(18(10-27)23(29)33-24)15-7-8-16(30-12-15)4-3-9-34/h1-2,5-8,12,14,34H,3-4,9,13H2,(H2,29,33)(H,31,32). The summed E-state index contributed by atoms with van der Waals surface area (Å²) in [6.45, 7) is 0.0712. The molecule has 0 radical (unpaired) electrons. The minimum Gasteiger partial charge on any atom is -0.396 e. The number of nitrogens with two attached hydrogens (primary N) is 1. The number of anilines is 3. The summed E-state index contributed by atoms with van der Waals surface area (Å²) in [5.41, 5.74) is 9.26. The fourth-order valence-electron chi connectivity index (χ4n) is 3.42. The van der Waals surface area contributed by atoms with Crippen molar-refractivity contribution < 1.29 is 9.50 Å². The van der Waals surface area contributed by atoms with Crippen LogP contribution < -0.4 is 11.1 Å². The normalized spacial score (nSPS) is 10.6. The van der Waals surface area contributed by atoms with Crippen molar-refractivity contribution in [2.24, 2.45) is 0 Å². The lowest BCUT2D eigenvalue weighted by Crippen LogP contribution is -2.04. The first kappa shape index (κ1) is 25.1. The first-order valence-electron chi connectivity index (χ1n) is 10.8. The van der Waals surface area contributed by atoms with Gasteiger partial charge in [0.1, 0.15) is 34.4 Å². The number of nitrogen functional groups attached to an aromatic ring is 1. The van der Waals surface area contributed by atoms with Crippen LogP contribution in [0.1, 0.15) is 28.9 Å². The molecule has 0 fully saturated rings. The van der Waals surface area contributed by atoms with Crippen molar-refractivity contribution in [1.29, 1.82) is 10.5 Å². The van der Waals surface area contributed by atoms with E-state index in [4.69, 9.17) is 10.8 Å². The van der Waals surface area contributed by atoms with E-state index in [1.54, 1.807) is 36.5 Å². The van der Waals surface area contributed by atoms with Gasteiger partial charge in [0.15, 0.2) is 5.13 Å². The average molecular weight is 518 g/mol. The largest absolute Gasteiger partial charge is 0.396 e. The van der Waals surface area contributed by atoms with Gasteiger partial charge in [0.2, 0.25) is 0 Å². The number of hydrogen-bond donors (Lipinski definition) is 3. The molecule has 11 heteroatoms. The van der Waals surface area contributed by atoms with E-state index >= 15 is 0 Å². The molecule has 0 saturated heterocycles. The SMILES string of the molecule is N#Cc1c(N)nc(SCc2csc(Nc3ccccc3F)n2)c(C#N)c1-c1ccc(CCCO)nc1. The molecule has 4 N–H and O–H groups in total. The highest BCUT2D eigenvalue weighted by Gasteiger charge is 2.21. The molecule has 8 nitrogen and oxygen atoms in total. The zero-order chi connectivity index (χ0) is 25.5. The van der Waals surface area contributed by atoms with Gasteiger partial charge in [-0.3, -0.25) is 4.98 Å². The van der Waals surface area contributed by atoms with Gasteiger partial charge in [-0.15, -0.1) is 11.3 Å². The summed E-state index contributed by atoms with van der Waals surface area (Å²) in [6, 6.07) is 14.2. The number of para-hydroxylation sites is 1. The van der Waals surface area contributed by atoms with Gasteiger partial charge in [-0.2, -0.15) is 10.5 Å². The molecule has 0 aliphatic rings. The molecule has 1 aromatic carbocycles. The molecule has 0 bridgehead atoms. The molecular weight excluding hydrogens is 497 g/mol. The van der Waals surface area contributed by atoms with E-state index < -0.39 is 0 Å². The highest BCUT2D eigenvalue weighted by atomic mass is 32.2. The Morgan fingerprint density at radius 2 is 1.89 bits per heavy atom. The Kier molecular flexibility index (Phi) is 8.08. The monoisotopic (exact) mass is 517 g/mol. The maximum absolute atomic E-state index is 13.9. The number of aliphatic hydroxyl groups excluding tert-OH is 1. The van der Waals surface area contributed by atoms with Gasteiger partial charge in [-0.1, -0.05) is 30.0 Å². The van der Waals surface area contributed by atoms with Crippen molar-refractivity contribution >= 4 is 39.7 Å². The lowest BCUT2D eigenvalue weighted by atomic mass is 9.98. The lowest BCUT2D eigenvalue weighted by molar-refractivity contribution is 0.288. The predicted octanol–water partition coefficient (Wildman–Crippen LogP) is 5.03. The number of thiazole rings is 1. The average Bonchev–Trinajstić information content (AvgIpc) is 3.34. The first-order valence-corrected chi connectivity index (χ1v) is 12.7. The second-order valence-corrected chi connectivity index (χ2v) is 9.38. The summed E-state index contributed by atoms with van der Waals surface area (Å²) in [5.74, 6) is 0.0433. The van der Waals surface area contributed by atoms with Crippen LogP contribution in [-0.4, -0.2) is 26.7 Å². The number of nitriles is 2. The van der Waals surface area contributed by atoms with Gasteiger partial charge in [-0.25, -0.2) is 14.4 Å². The summed E-state index contributed by atoms with van der Waals surface area (Å²) in [7, 11) is 0. The van der Waals surface area contributed by atoms with Crippen LogP contribution in [0.3, 0.4) is 0 Å². The van der Waals surface area contributed by atoms with Gasteiger partial charge in [0, 0.05) is 40.8 Å². The number of aliphatic hydroxyl groups is 1. The Balaban J connectivity index is 1.59. The van der Waals surface area contributed by atoms with Gasteiger partial charge >= 0.3 is 0 Å².